The van der Waals surface area contributed by atoms with Crippen LogP contribution < -0.4 is 0 Å². The van der Waals surface area contributed by atoms with Crippen molar-refractivity contribution in [2.24, 2.45) is 5.92 Å². The normalized spacial score (nSPS) is 21.7. The Morgan fingerprint density at radius 3 is 2.88 bits per heavy atom. The molecule has 4 heteroatoms. The van der Waals surface area contributed by atoms with E-state index in [1.807, 2.05) is 6.07 Å². The zero-order valence-electron chi connectivity index (χ0n) is 9.52. The highest BCUT2D eigenvalue weighted by Crippen LogP contribution is 2.25. The van der Waals surface area contributed by atoms with Crippen molar-refractivity contribution >= 4 is 28.2 Å². The second-order valence-corrected chi connectivity index (χ2v) is 6.36. The van der Waals surface area contributed by atoms with Crippen LogP contribution in [0.3, 0.4) is 0 Å². The molecule has 2 atom stereocenters. The van der Waals surface area contributed by atoms with Gasteiger partial charge in [-0.2, -0.15) is 0 Å². The average Bonchev–Trinajstić information content (AvgIpc) is 2.72. The molecule has 2 rings (SSSR count). The van der Waals surface area contributed by atoms with Crippen LogP contribution in [0.5, 0.6) is 0 Å². The molecule has 0 bridgehead atoms. The average molecular weight is 271 g/mol. The van der Waals surface area contributed by atoms with Crippen LogP contribution >= 0.6 is 11.6 Å². The Balaban J connectivity index is 1.91. The van der Waals surface area contributed by atoms with Crippen molar-refractivity contribution in [1.82, 2.24) is 0 Å². The first-order valence-corrected chi connectivity index (χ1v) is 7.53. The van der Waals surface area contributed by atoms with Gasteiger partial charge in [0, 0.05) is 28.0 Å². The molecule has 1 aliphatic rings. The van der Waals surface area contributed by atoms with Crippen LogP contribution in [0.15, 0.2) is 29.2 Å². The zero-order chi connectivity index (χ0) is 12.3. The summed E-state index contributed by atoms with van der Waals surface area (Å²) in [7, 11) is -1.04. The van der Waals surface area contributed by atoms with E-state index in [4.69, 9.17) is 11.6 Å². The molecule has 92 valence electrons. The van der Waals surface area contributed by atoms with E-state index in [1.165, 1.54) is 0 Å². The molecule has 1 fully saturated rings. The number of hydrogen-bond acceptors (Lipinski definition) is 2. The van der Waals surface area contributed by atoms with Gasteiger partial charge < -0.3 is 0 Å². The molecule has 0 aromatic heterocycles. The van der Waals surface area contributed by atoms with Crippen molar-refractivity contribution in [3.05, 3.63) is 29.3 Å². The van der Waals surface area contributed by atoms with Crippen LogP contribution in [0.4, 0.5) is 0 Å². The lowest BCUT2D eigenvalue weighted by Gasteiger charge is -2.07. The van der Waals surface area contributed by atoms with Crippen LogP contribution in [-0.4, -0.2) is 15.7 Å². The summed E-state index contributed by atoms with van der Waals surface area (Å²) in [5.41, 5.74) is 0. The van der Waals surface area contributed by atoms with Crippen molar-refractivity contribution in [3.8, 4) is 0 Å². The van der Waals surface area contributed by atoms with E-state index in [-0.39, 0.29) is 5.92 Å². The van der Waals surface area contributed by atoms with Crippen LogP contribution in [-0.2, 0) is 15.6 Å². The summed E-state index contributed by atoms with van der Waals surface area (Å²) >= 11 is 5.85. The first-order valence-electron chi connectivity index (χ1n) is 5.83. The Bertz CT molecular complexity index is 445. The van der Waals surface area contributed by atoms with Gasteiger partial charge in [0.05, 0.1) is 10.8 Å². The minimum Gasteiger partial charge on any atom is -0.299 e. The van der Waals surface area contributed by atoms with E-state index >= 15 is 0 Å². The zero-order valence-corrected chi connectivity index (χ0v) is 11.1. The third-order valence-corrected chi connectivity index (χ3v) is 4.76. The predicted molar refractivity (Wildman–Crippen MR) is 69.7 cm³/mol. The van der Waals surface area contributed by atoms with Crippen LogP contribution in [0.1, 0.15) is 25.7 Å². The molecule has 2 nitrogen and oxygen atoms in total. The van der Waals surface area contributed by atoms with Gasteiger partial charge in [0.15, 0.2) is 0 Å². The van der Waals surface area contributed by atoms with E-state index in [1.54, 1.807) is 18.2 Å². The van der Waals surface area contributed by atoms with Gasteiger partial charge in [-0.25, -0.2) is 0 Å². The summed E-state index contributed by atoms with van der Waals surface area (Å²) in [5, 5.41) is 0.604. The second-order valence-electron chi connectivity index (χ2n) is 4.35. The quantitative estimate of drug-likeness (QED) is 0.842. The molecule has 0 amide bonds. The molecule has 0 saturated heterocycles. The highest BCUT2D eigenvalue weighted by atomic mass is 35.5. The van der Waals surface area contributed by atoms with Gasteiger partial charge in [-0.15, -0.1) is 0 Å². The van der Waals surface area contributed by atoms with Crippen LogP contribution in [0.2, 0.25) is 5.02 Å². The Morgan fingerprint density at radius 2 is 2.24 bits per heavy atom. The Morgan fingerprint density at radius 1 is 1.41 bits per heavy atom. The summed E-state index contributed by atoms with van der Waals surface area (Å²) in [6.45, 7) is 0. The predicted octanol–water partition coefficient (Wildman–Crippen LogP) is 3.21. The first-order chi connectivity index (χ1) is 8.16. The molecule has 0 aliphatic heterocycles. The van der Waals surface area contributed by atoms with Crippen molar-refractivity contribution < 1.29 is 9.00 Å². The molecule has 0 spiro atoms. The number of halogens is 1. The number of ketones is 1. The maximum atomic E-state index is 12.0. The summed E-state index contributed by atoms with van der Waals surface area (Å²) in [6.07, 6.45) is 3.39. The molecule has 0 radical (unpaired) electrons. The summed E-state index contributed by atoms with van der Waals surface area (Å²) in [6, 6.07) is 7.12. The maximum absolute atomic E-state index is 12.0. The van der Waals surface area contributed by atoms with Gasteiger partial charge in [0.2, 0.25) is 0 Å². The van der Waals surface area contributed by atoms with Gasteiger partial charge >= 0.3 is 0 Å². The Kier molecular flexibility index (Phi) is 4.35. The molecule has 17 heavy (non-hydrogen) atoms. The van der Waals surface area contributed by atoms with Gasteiger partial charge in [0.1, 0.15) is 5.78 Å². The monoisotopic (exact) mass is 270 g/mol. The fourth-order valence-electron chi connectivity index (χ4n) is 2.17. The molecule has 2 unspecified atom stereocenters. The summed E-state index contributed by atoms with van der Waals surface area (Å²) in [4.78, 5) is 12.2. The fourth-order valence-corrected chi connectivity index (χ4v) is 3.65. The van der Waals surface area contributed by atoms with Crippen molar-refractivity contribution in [1.29, 1.82) is 0 Å². The Hall–Kier alpha value is -0.670. The first kappa shape index (κ1) is 12.8. The third-order valence-electron chi connectivity index (χ3n) is 3.14. The largest absolute Gasteiger partial charge is 0.299 e. The molecule has 1 saturated carbocycles. The molecule has 1 aliphatic carbocycles. The fraction of sp³-hybridized carbons (Fsp3) is 0.462. The number of hydrogen-bond donors (Lipinski definition) is 0. The number of carbonyl (C=O) groups excluding carboxylic acids is 1. The highest BCUT2D eigenvalue weighted by molar-refractivity contribution is 7.85. The van der Waals surface area contributed by atoms with E-state index in [9.17, 15) is 9.00 Å². The van der Waals surface area contributed by atoms with Crippen LogP contribution in [0.25, 0.3) is 0 Å². The SMILES string of the molecule is O=C1CCCC1CCS(=O)c1cccc(Cl)c1. The second kappa shape index (κ2) is 5.78. The Labute approximate surface area is 109 Å². The van der Waals surface area contributed by atoms with E-state index < -0.39 is 10.8 Å². The molecule has 0 N–H and O–H groups in total. The molecular formula is C13H15ClO2S. The van der Waals surface area contributed by atoms with Crippen LogP contribution in [0, 0.1) is 5.92 Å². The number of rotatable bonds is 4. The van der Waals surface area contributed by atoms with E-state index in [0.717, 1.165) is 24.2 Å². The number of benzene rings is 1. The van der Waals surface area contributed by atoms with Gasteiger partial charge in [-0.1, -0.05) is 17.7 Å². The van der Waals surface area contributed by atoms with E-state index in [0.29, 0.717) is 23.0 Å². The standard InChI is InChI=1S/C13H15ClO2S/c14-11-4-2-5-12(9-11)17(16)8-7-10-3-1-6-13(10)15/h2,4-5,9-10H,1,3,6-8H2. The van der Waals surface area contributed by atoms with Crippen molar-refractivity contribution in [2.75, 3.05) is 5.75 Å². The topological polar surface area (TPSA) is 34.1 Å². The van der Waals surface area contributed by atoms with Gasteiger partial charge in [-0.3, -0.25) is 9.00 Å². The highest BCUT2D eigenvalue weighted by Gasteiger charge is 2.24. The lowest BCUT2D eigenvalue weighted by atomic mass is 10.1. The third kappa shape index (κ3) is 3.39. The minimum absolute atomic E-state index is 0.137. The lowest BCUT2D eigenvalue weighted by Crippen LogP contribution is -2.10. The van der Waals surface area contributed by atoms with Crippen molar-refractivity contribution in [2.45, 2.75) is 30.6 Å². The summed E-state index contributed by atoms with van der Waals surface area (Å²) < 4.78 is 12.0. The lowest BCUT2D eigenvalue weighted by molar-refractivity contribution is -0.120. The molecular weight excluding hydrogens is 256 g/mol. The molecule has 1 aromatic rings. The van der Waals surface area contributed by atoms with E-state index in [2.05, 4.69) is 0 Å². The smallest absolute Gasteiger partial charge is 0.136 e. The molecule has 1 aromatic carbocycles. The number of carbonyl (C=O) groups is 1. The maximum Gasteiger partial charge on any atom is 0.136 e. The van der Waals surface area contributed by atoms with Gasteiger partial charge in [0.25, 0.3) is 0 Å². The summed E-state index contributed by atoms with van der Waals surface area (Å²) in [5.74, 6) is 1.03. The van der Waals surface area contributed by atoms with Crippen molar-refractivity contribution in [3.63, 3.8) is 0 Å². The minimum atomic E-state index is -1.04. The van der Waals surface area contributed by atoms with Gasteiger partial charge in [-0.05, 0) is 37.5 Å². The molecule has 0 heterocycles. The number of Topliss-reactive ketones (excluding diaryl/α,β-unsaturated/α-hetero) is 1.